The van der Waals surface area contributed by atoms with Crippen LogP contribution in [0.25, 0.3) is 0 Å². The van der Waals surface area contributed by atoms with Crippen LogP contribution >= 0.6 is 22.6 Å². The molecule has 0 atom stereocenters. The number of amides is 2. The molecule has 1 aliphatic heterocycles. The average molecular weight is 385 g/mol. The molecule has 100 valence electrons. The second-order valence-corrected chi connectivity index (χ2v) is 5.35. The number of hydrogen-bond acceptors (Lipinski definition) is 2. The van der Waals surface area contributed by atoms with Crippen LogP contribution in [0.4, 0.5) is 14.5 Å². The zero-order chi connectivity index (χ0) is 14.4. The second kappa shape index (κ2) is 4.62. The molecule has 0 N–H and O–H groups in total. The zero-order valence-electron chi connectivity index (χ0n) is 9.86. The number of benzene rings is 2. The molecule has 0 saturated heterocycles. The maximum atomic E-state index is 14.0. The molecule has 6 heteroatoms. The highest BCUT2D eigenvalue weighted by Crippen LogP contribution is 2.34. The van der Waals surface area contributed by atoms with E-state index in [2.05, 4.69) is 0 Å². The molecule has 2 amide bonds. The van der Waals surface area contributed by atoms with Crippen molar-refractivity contribution >= 4 is 40.1 Å². The molecule has 2 aromatic carbocycles. The highest BCUT2D eigenvalue weighted by molar-refractivity contribution is 14.1. The Morgan fingerprint density at radius 1 is 0.900 bits per heavy atom. The summed E-state index contributed by atoms with van der Waals surface area (Å²) in [5, 5.41) is 0. The van der Waals surface area contributed by atoms with Crippen molar-refractivity contribution in [3.8, 4) is 0 Å². The van der Waals surface area contributed by atoms with Crippen molar-refractivity contribution in [3.63, 3.8) is 0 Å². The first-order valence-electron chi connectivity index (χ1n) is 5.63. The molecule has 1 aliphatic rings. The Bertz CT molecular complexity index is 726. The first-order chi connectivity index (χ1) is 9.52. The molecule has 1 heterocycles. The van der Waals surface area contributed by atoms with Crippen LogP contribution in [0, 0.1) is 15.2 Å². The third-order valence-corrected chi connectivity index (χ3v) is 3.91. The number of anilines is 1. The molecule has 0 spiro atoms. The van der Waals surface area contributed by atoms with Gasteiger partial charge in [0.1, 0.15) is 5.69 Å². The molecule has 0 fully saturated rings. The van der Waals surface area contributed by atoms with Gasteiger partial charge in [-0.3, -0.25) is 9.59 Å². The highest BCUT2D eigenvalue weighted by Gasteiger charge is 2.39. The van der Waals surface area contributed by atoms with Gasteiger partial charge in [0.05, 0.1) is 11.1 Å². The number of carbonyl (C=O) groups excluding carboxylic acids is 2. The molecule has 0 aliphatic carbocycles. The van der Waals surface area contributed by atoms with Crippen LogP contribution in [0.15, 0.2) is 36.4 Å². The van der Waals surface area contributed by atoms with E-state index >= 15 is 0 Å². The summed E-state index contributed by atoms with van der Waals surface area (Å²) in [6.07, 6.45) is 0. The lowest BCUT2D eigenvalue weighted by atomic mass is 10.1. The van der Waals surface area contributed by atoms with Crippen LogP contribution in [0.5, 0.6) is 0 Å². The Kier molecular flexibility index (Phi) is 3.04. The number of carbonyl (C=O) groups is 2. The number of nitrogens with zero attached hydrogens (tertiary/aromatic N) is 1. The van der Waals surface area contributed by atoms with E-state index in [0.29, 0.717) is 4.90 Å². The van der Waals surface area contributed by atoms with E-state index in [4.69, 9.17) is 0 Å². The summed E-state index contributed by atoms with van der Waals surface area (Å²) >= 11 is 1.76. The van der Waals surface area contributed by atoms with Crippen molar-refractivity contribution in [1.82, 2.24) is 0 Å². The van der Waals surface area contributed by atoms with Crippen molar-refractivity contribution in [1.29, 1.82) is 0 Å². The van der Waals surface area contributed by atoms with Gasteiger partial charge >= 0.3 is 0 Å². The van der Waals surface area contributed by atoms with Crippen molar-refractivity contribution in [2.75, 3.05) is 4.90 Å². The lowest BCUT2D eigenvalue weighted by molar-refractivity contribution is 0.0924. The van der Waals surface area contributed by atoms with E-state index in [1.165, 1.54) is 18.2 Å². The lowest BCUT2D eigenvalue weighted by Gasteiger charge is -2.16. The van der Waals surface area contributed by atoms with Gasteiger partial charge in [0.2, 0.25) is 0 Å². The van der Waals surface area contributed by atoms with Crippen molar-refractivity contribution in [2.24, 2.45) is 0 Å². The number of rotatable bonds is 1. The van der Waals surface area contributed by atoms with E-state index in [1.807, 2.05) is 0 Å². The van der Waals surface area contributed by atoms with E-state index < -0.39 is 23.4 Å². The van der Waals surface area contributed by atoms with Crippen LogP contribution in [-0.4, -0.2) is 11.8 Å². The third-order valence-electron chi connectivity index (χ3n) is 3.04. The molecule has 0 saturated carbocycles. The predicted octanol–water partition coefficient (Wildman–Crippen LogP) is 3.37. The molecular formula is C14H6F2INO2. The second-order valence-electron chi connectivity index (χ2n) is 4.18. The summed E-state index contributed by atoms with van der Waals surface area (Å²) in [6, 6.07) is 8.47. The third kappa shape index (κ3) is 1.75. The minimum absolute atomic E-state index is 0.192. The normalized spacial score (nSPS) is 13.8. The Morgan fingerprint density at radius 3 is 2.00 bits per heavy atom. The number of hydrogen-bond donors (Lipinski definition) is 0. The van der Waals surface area contributed by atoms with Crippen LogP contribution < -0.4 is 4.90 Å². The topological polar surface area (TPSA) is 37.4 Å². The van der Waals surface area contributed by atoms with Gasteiger partial charge in [0.15, 0.2) is 11.6 Å². The van der Waals surface area contributed by atoms with Crippen LogP contribution in [0.3, 0.4) is 0 Å². The summed E-state index contributed by atoms with van der Waals surface area (Å²) in [5.74, 6) is -3.59. The van der Waals surface area contributed by atoms with Gasteiger partial charge in [-0.05, 0) is 46.9 Å². The molecule has 0 aromatic heterocycles. The van der Waals surface area contributed by atoms with Gasteiger partial charge in [0, 0.05) is 3.57 Å². The molecule has 20 heavy (non-hydrogen) atoms. The zero-order valence-corrected chi connectivity index (χ0v) is 12.0. The predicted molar refractivity (Wildman–Crippen MR) is 76.7 cm³/mol. The smallest absolute Gasteiger partial charge is 0.266 e. The van der Waals surface area contributed by atoms with Crippen molar-refractivity contribution < 1.29 is 18.4 Å². The maximum absolute atomic E-state index is 14.0. The number of imide groups is 1. The van der Waals surface area contributed by atoms with Gasteiger partial charge in [-0.1, -0.05) is 12.1 Å². The Balaban J connectivity index is 2.22. The quantitative estimate of drug-likeness (QED) is 0.429. The number of fused-ring (bicyclic) bond motifs is 1. The molecule has 2 aromatic rings. The van der Waals surface area contributed by atoms with E-state index in [0.717, 1.165) is 6.07 Å². The first kappa shape index (κ1) is 13.2. The first-order valence-corrected chi connectivity index (χ1v) is 6.71. The molecular weight excluding hydrogens is 379 g/mol. The Hall–Kier alpha value is -1.83. The van der Waals surface area contributed by atoms with Gasteiger partial charge in [0.25, 0.3) is 11.8 Å². The molecule has 3 nitrogen and oxygen atoms in total. The summed E-state index contributed by atoms with van der Waals surface area (Å²) < 4.78 is 27.6. The minimum atomic E-state index is -1.20. The van der Waals surface area contributed by atoms with Gasteiger partial charge in [-0.25, -0.2) is 13.7 Å². The highest BCUT2D eigenvalue weighted by atomic mass is 127. The van der Waals surface area contributed by atoms with Crippen molar-refractivity contribution in [2.45, 2.75) is 0 Å². The summed E-state index contributed by atoms with van der Waals surface area (Å²) in [5.41, 5.74) is 0.0470. The van der Waals surface area contributed by atoms with Gasteiger partial charge in [-0.15, -0.1) is 0 Å². The largest absolute Gasteiger partial charge is 0.268 e. The number of halogens is 3. The maximum Gasteiger partial charge on any atom is 0.266 e. The van der Waals surface area contributed by atoms with Crippen molar-refractivity contribution in [3.05, 3.63) is 62.7 Å². The minimum Gasteiger partial charge on any atom is -0.268 e. The van der Waals surface area contributed by atoms with E-state index in [1.54, 1.807) is 34.7 Å². The van der Waals surface area contributed by atoms with Crippen LogP contribution in [-0.2, 0) is 0 Å². The fraction of sp³-hybridized carbons (Fsp3) is 0. The monoisotopic (exact) mass is 385 g/mol. The molecule has 0 bridgehead atoms. The van der Waals surface area contributed by atoms with Gasteiger partial charge < -0.3 is 0 Å². The van der Waals surface area contributed by atoms with E-state index in [9.17, 15) is 18.4 Å². The van der Waals surface area contributed by atoms with E-state index in [-0.39, 0.29) is 20.4 Å². The fourth-order valence-electron chi connectivity index (χ4n) is 2.11. The van der Waals surface area contributed by atoms with Gasteiger partial charge in [-0.2, -0.15) is 0 Å². The lowest BCUT2D eigenvalue weighted by Crippen LogP contribution is -2.31. The summed E-state index contributed by atoms with van der Waals surface area (Å²) in [6.45, 7) is 0. The standard InChI is InChI=1S/C14H6F2INO2/c15-9-5-6-10(17)12(11(9)16)18-13(19)7-3-1-2-4-8(7)14(18)20/h1-6H. The SMILES string of the molecule is O=C1c2ccccc2C(=O)N1c1c(I)ccc(F)c1F. The molecule has 0 unspecified atom stereocenters. The Labute approximate surface area is 126 Å². The average Bonchev–Trinajstić information content (AvgIpc) is 2.69. The Morgan fingerprint density at radius 2 is 1.45 bits per heavy atom. The van der Waals surface area contributed by atoms with Crippen LogP contribution in [0.1, 0.15) is 20.7 Å². The summed E-state index contributed by atoms with van der Waals surface area (Å²) in [4.78, 5) is 25.2. The fourth-order valence-corrected chi connectivity index (χ4v) is 2.77. The van der Waals surface area contributed by atoms with Crippen LogP contribution in [0.2, 0.25) is 0 Å². The molecule has 0 radical (unpaired) electrons. The molecule has 3 rings (SSSR count). The summed E-state index contributed by atoms with van der Waals surface area (Å²) in [7, 11) is 0.